The Balaban J connectivity index is 1.81. The molecule has 4 rings (SSSR count). The number of fused-ring (bicyclic) bond motifs is 1. The highest BCUT2D eigenvalue weighted by Crippen LogP contribution is 2.41. The van der Waals surface area contributed by atoms with E-state index in [4.69, 9.17) is 24.0 Å². The van der Waals surface area contributed by atoms with E-state index in [1.165, 1.54) is 0 Å². The fraction of sp³-hybridized carbons (Fsp3) is 0.250. The van der Waals surface area contributed by atoms with Crippen molar-refractivity contribution < 1.29 is 18.9 Å². The summed E-state index contributed by atoms with van der Waals surface area (Å²) in [7, 11) is 6.38. The van der Waals surface area contributed by atoms with E-state index < -0.39 is 0 Å². The fourth-order valence-corrected chi connectivity index (χ4v) is 3.90. The normalized spacial score (nSPS) is 12.8. The number of rotatable bonds is 6. The van der Waals surface area contributed by atoms with E-state index in [1.807, 2.05) is 36.4 Å². The molecule has 9 heteroatoms. The van der Waals surface area contributed by atoms with Gasteiger partial charge in [0.2, 0.25) is 10.9 Å². The van der Waals surface area contributed by atoms with Crippen LogP contribution in [0.25, 0.3) is 11.4 Å². The van der Waals surface area contributed by atoms with Crippen LogP contribution in [0.5, 0.6) is 23.0 Å². The van der Waals surface area contributed by atoms with Crippen LogP contribution >= 0.6 is 11.8 Å². The van der Waals surface area contributed by atoms with Crippen molar-refractivity contribution in [3.05, 3.63) is 42.0 Å². The SMILES string of the molecule is COc1cccc(C2=Nn3c(nnc3-c3cc(OC)c(OC)c(OC)c3)SC2)c1. The molecule has 0 radical (unpaired) electrons. The van der Waals surface area contributed by atoms with Gasteiger partial charge >= 0.3 is 0 Å². The number of hydrogen-bond acceptors (Lipinski definition) is 8. The van der Waals surface area contributed by atoms with Crippen LogP contribution in [0.3, 0.4) is 0 Å². The Hall–Kier alpha value is -3.20. The van der Waals surface area contributed by atoms with Crippen molar-refractivity contribution in [2.24, 2.45) is 5.10 Å². The summed E-state index contributed by atoms with van der Waals surface area (Å²) >= 11 is 1.58. The first-order valence-electron chi connectivity index (χ1n) is 8.79. The minimum Gasteiger partial charge on any atom is -0.497 e. The van der Waals surface area contributed by atoms with Crippen molar-refractivity contribution in [1.82, 2.24) is 14.9 Å². The van der Waals surface area contributed by atoms with Crippen LogP contribution in [0, 0.1) is 0 Å². The second-order valence-electron chi connectivity index (χ2n) is 6.10. The summed E-state index contributed by atoms with van der Waals surface area (Å²) < 4.78 is 23.4. The standard InChI is InChI=1S/C20H20N4O4S/c1-25-14-7-5-6-12(8-14)15-11-29-20-22-21-19(24(20)23-15)13-9-16(26-2)18(28-4)17(10-13)27-3/h5-10H,11H2,1-4H3. The maximum absolute atomic E-state index is 5.46. The van der Waals surface area contributed by atoms with Gasteiger partial charge in [0.05, 0.1) is 34.2 Å². The molecule has 8 nitrogen and oxygen atoms in total. The largest absolute Gasteiger partial charge is 0.497 e. The Morgan fingerprint density at radius 1 is 0.862 bits per heavy atom. The molecule has 150 valence electrons. The van der Waals surface area contributed by atoms with E-state index in [0.717, 1.165) is 27.7 Å². The Kier molecular flexibility index (Phi) is 5.30. The number of benzene rings is 2. The highest BCUT2D eigenvalue weighted by molar-refractivity contribution is 7.99. The topological polar surface area (TPSA) is 80.0 Å². The molecule has 2 aromatic carbocycles. The summed E-state index contributed by atoms with van der Waals surface area (Å²) in [5.74, 6) is 3.67. The smallest absolute Gasteiger partial charge is 0.212 e. The Morgan fingerprint density at radius 3 is 2.28 bits per heavy atom. The lowest BCUT2D eigenvalue weighted by Crippen LogP contribution is -2.14. The van der Waals surface area contributed by atoms with Crippen molar-refractivity contribution in [3.63, 3.8) is 0 Å². The molecule has 0 bridgehead atoms. The van der Waals surface area contributed by atoms with E-state index in [2.05, 4.69) is 10.2 Å². The number of methoxy groups -OCH3 is 4. The zero-order chi connectivity index (χ0) is 20.4. The molecule has 0 amide bonds. The summed E-state index contributed by atoms with van der Waals surface area (Å²) in [4.78, 5) is 0. The van der Waals surface area contributed by atoms with Gasteiger partial charge in [-0.1, -0.05) is 23.9 Å². The average Bonchev–Trinajstić information content (AvgIpc) is 3.21. The van der Waals surface area contributed by atoms with Crippen molar-refractivity contribution in [1.29, 1.82) is 0 Å². The second kappa shape index (κ2) is 8.04. The Labute approximate surface area is 172 Å². The first kappa shape index (κ1) is 19.1. The molecule has 0 saturated heterocycles. The predicted molar refractivity (Wildman–Crippen MR) is 111 cm³/mol. The van der Waals surface area contributed by atoms with Gasteiger partial charge in [-0.25, -0.2) is 0 Å². The Morgan fingerprint density at radius 2 is 1.62 bits per heavy atom. The van der Waals surface area contributed by atoms with E-state index in [0.29, 0.717) is 28.8 Å². The molecule has 0 atom stereocenters. The predicted octanol–water partition coefficient (Wildman–Crippen LogP) is 3.34. The van der Waals surface area contributed by atoms with Crippen molar-refractivity contribution in [2.45, 2.75) is 5.16 Å². The number of hydrogen-bond donors (Lipinski definition) is 0. The van der Waals surface area contributed by atoms with Crippen LogP contribution in [0.15, 0.2) is 46.7 Å². The summed E-state index contributed by atoms with van der Waals surface area (Å²) in [6.07, 6.45) is 0. The van der Waals surface area contributed by atoms with E-state index in [1.54, 1.807) is 44.9 Å². The van der Waals surface area contributed by atoms with Gasteiger partial charge in [0.15, 0.2) is 17.3 Å². The van der Waals surface area contributed by atoms with Crippen LogP contribution in [0.4, 0.5) is 0 Å². The molecule has 1 aliphatic rings. The van der Waals surface area contributed by atoms with Gasteiger partial charge in [-0.15, -0.1) is 10.2 Å². The third-order valence-corrected chi connectivity index (χ3v) is 5.43. The van der Waals surface area contributed by atoms with Gasteiger partial charge in [0.1, 0.15) is 5.75 Å². The van der Waals surface area contributed by atoms with Gasteiger partial charge in [-0.05, 0) is 24.3 Å². The Bertz CT molecular complexity index is 1060. The monoisotopic (exact) mass is 412 g/mol. The van der Waals surface area contributed by atoms with Gasteiger partial charge in [-0.2, -0.15) is 9.78 Å². The van der Waals surface area contributed by atoms with Crippen LogP contribution in [-0.2, 0) is 0 Å². The zero-order valence-corrected chi connectivity index (χ0v) is 17.3. The quantitative estimate of drug-likeness (QED) is 0.614. The van der Waals surface area contributed by atoms with Crippen LogP contribution in [-0.4, -0.2) is 54.8 Å². The summed E-state index contributed by atoms with van der Waals surface area (Å²) in [6.45, 7) is 0. The lowest BCUT2D eigenvalue weighted by molar-refractivity contribution is 0.324. The van der Waals surface area contributed by atoms with Gasteiger partial charge < -0.3 is 18.9 Å². The van der Waals surface area contributed by atoms with Crippen LogP contribution in [0.2, 0.25) is 0 Å². The summed E-state index contributed by atoms with van der Waals surface area (Å²) in [5, 5.41) is 14.1. The lowest BCUT2D eigenvalue weighted by atomic mass is 10.1. The third-order valence-electron chi connectivity index (χ3n) is 4.50. The number of aromatic nitrogens is 3. The maximum Gasteiger partial charge on any atom is 0.212 e. The van der Waals surface area contributed by atoms with Crippen molar-refractivity contribution in [2.75, 3.05) is 34.2 Å². The van der Waals surface area contributed by atoms with E-state index in [9.17, 15) is 0 Å². The molecule has 0 fully saturated rings. The molecule has 2 heterocycles. The fourth-order valence-electron chi connectivity index (χ4n) is 3.06. The lowest BCUT2D eigenvalue weighted by Gasteiger charge is -2.16. The van der Waals surface area contributed by atoms with Gasteiger partial charge in [-0.3, -0.25) is 0 Å². The third kappa shape index (κ3) is 3.49. The highest BCUT2D eigenvalue weighted by Gasteiger charge is 2.23. The molecule has 0 N–H and O–H groups in total. The minimum atomic E-state index is 0.520. The first-order valence-corrected chi connectivity index (χ1v) is 9.78. The molecule has 0 unspecified atom stereocenters. The van der Waals surface area contributed by atoms with Gasteiger partial charge in [0, 0.05) is 16.9 Å². The molecule has 0 spiro atoms. The minimum absolute atomic E-state index is 0.520. The number of nitrogens with zero attached hydrogens (tertiary/aromatic N) is 4. The average molecular weight is 412 g/mol. The summed E-state index contributed by atoms with van der Waals surface area (Å²) in [5.41, 5.74) is 2.66. The number of ether oxygens (including phenoxy) is 4. The van der Waals surface area contributed by atoms with Crippen molar-refractivity contribution >= 4 is 17.5 Å². The van der Waals surface area contributed by atoms with Gasteiger partial charge in [0.25, 0.3) is 0 Å². The number of thioether (sulfide) groups is 1. The second-order valence-corrected chi connectivity index (χ2v) is 7.04. The molecular weight excluding hydrogens is 392 g/mol. The molecule has 1 aliphatic heterocycles. The highest BCUT2D eigenvalue weighted by atomic mass is 32.2. The zero-order valence-electron chi connectivity index (χ0n) is 16.5. The maximum atomic E-state index is 5.46. The molecule has 3 aromatic rings. The molecular formula is C20H20N4O4S. The molecule has 1 aromatic heterocycles. The van der Waals surface area contributed by atoms with Crippen molar-refractivity contribution in [3.8, 4) is 34.4 Å². The van der Waals surface area contributed by atoms with E-state index >= 15 is 0 Å². The first-order chi connectivity index (χ1) is 14.2. The van der Waals surface area contributed by atoms with E-state index in [-0.39, 0.29) is 0 Å². The summed E-state index contributed by atoms with van der Waals surface area (Å²) in [6, 6.07) is 11.5. The molecule has 0 aliphatic carbocycles. The molecule has 29 heavy (non-hydrogen) atoms. The van der Waals surface area contributed by atoms with Crippen LogP contribution in [0.1, 0.15) is 5.56 Å². The van der Waals surface area contributed by atoms with Crippen LogP contribution < -0.4 is 18.9 Å². The molecule has 0 saturated carbocycles.